The van der Waals surface area contributed by atoms with Gasteiger partial charge in [0.1, 0.15) is 5.82 Å². The molecule has 7 heteroatoms. The van der Waals surface area contributed by atoms with Gasteiger partial charge in [0.15, 0.2) is 9.84 Å². The van der Waals surface area contributed by atoms with Crippen LogP contribution in [0.15, 0.2) is 53.4 Å². The SMILES string of the molecule is Cc1nc2ccccc2n1CCCNC(=O)c1cccc(S(C)(=O)=O)c1. The van der Waals surface area contributed by atoms with Gasteiger partial charge in [0.05, 0.1) is 15.9 Å². The number of sulfone groups is 1. The van der Waals surface area contributed by atoms with E-state index in [1.54, 1.807) is 12.1 Å². The van der Waals surface area contributed by atoms with Gasteiger partial charge in [-0.3, -0.25) is 4.79 Å². The number of carbonyl (C=O) groups excluding carboxylic acids is 1. The van der Waals surface area contributed by atoms with Gasteiger partial charge in [0.2, 0.25) is 0 Å². The number of nitrogens with zero attached hydrogens (tertiary/aromatic N) is 2. The van der Waals surface area contributed by atoms with Gasteiger partial charge in [0, 0.05) is 24.9 Å². The summed E-state index contributed by atoms with van der Waals surface area (Å²) in [5, 5.41) is 2.84. The highest BCUT2D eigenvalue weighted by Gasteiger charge is 2.11. The van der Waals surface area contributed by atoms with Crippen molar-refractivity contribution >= 4 is 26.8 Å². The Morgan fingerprint density at radius 2 is 1.92 bits per heavy atom. The van der Waals surface area contributed by atoms with E-state index in [0.29, 0.717) is 12.1 Å². The average molecular weight is 371 g/mol. The first-order valence-electron chi connectivity index (χ1n) is 8.36. The van der Waals surface area contributed by atoms with E-state index >= 15 is 0 Å². The Morgan fingerprint density at radius 1 is 1.15 bits per heavy atom. The molecule has 0 radical (unpaired) electrons. The summed E-state index contributed by atoms with van der Waals surface area (Å²) in [6.45, 7) is 3.21. The molecule has 1 heterocycles. The van der Waals surface area contributed by atoms with Crippen molar-refractivity contribution in [2.24, 2.45) is 0 Å². The molecule has 3 aromatic rings. The fraction of sp³-hybridized carbons (Fsp3) is 0.263. The Morgan fingerprint density at radius 3 is 2.69 bits per heavy atom. The van der Waals surface area contributed by atoms with Crippen LogP contribution in [0.4, 0.5) is 0 Å². The predicted octanol–water partition coefficient (Wildman–Crippen LogP) is 2.57. The molecule has 0 unspecified atom stereocenters. The van der Waals surface area contributed by atoms with E-state index in [-0.39, 0.29) is 10.8 Å². The first kappa shape index (κ1) is 18.1. The molecule has 136 valence electrons. The summed E-state index contributed by atoms with van der Waals surface area (Å²) in [6.07, 6.45) is 1.88. The number of aryl methyl sites for hydroxylation is 2. The number of amides is 1. The minimum Gasteiger partial charge on any atom is -0.352 e. The highest BCUT2D eigenvalue weighted by molar-refractivity contribution is 7.90. The Kier molecular flexibility index (Phi) is 5.08. The number of hydrogen-bond donors (Lipinski definition) is 1. The van der Waals surface area contributed by atoms with Crippen LogP contribution in [-0.2, 0) is 16.4 Å². The van der Waals surface area contributed by atoms with E-state index in [9.17, 15) is 13.2 Å². The van der Waals surface area contributed by atoms with E-state index in [0.717, 1.165) is 36.1 Å². The van der Waals surface area contributed by atoms with E-state index in [1.807, 2.05) is 31.2 Å². The summed E-state index contributed by atoms with van der Waals surface area (Å²) in [6, 6.07) is 14.0. The highest BCUT2D eigenvalue weighted by Crippen LogP contribution is 2.15. The molecule has 1 amide bonds. The molecule has 1 aromatic heterocycles. The molecule has 0 aliphatic heterocycles. The molecule has 0 saturated heterocycles. The molecular weight excluding hydrogens is 350 g/mol. The van der Waals surface area contributed by atoms with Crippen molar-refractivity contribution in [2.75, 3.05) is 12.8 Å². The third kappa shape index (κ3) is 3.94. The number of imidazole rings is 1. The topological polar surface area (TPSA) is 81.1 Å². The van der Waals surface area contributed by atoms with Crippen molar-refractivity contribution in [1.29, 1.82) is 0 Å². The number of carbonyl (C=O) groups is 1. The molecule has 0 saturated carbocycles. The molecule has 0 aliphatic rings. The third-order valence-corrected chi connectivity index (χ3v) is 5.32. The van der Waals surface area contributed by atoms with Crippen LogP contribution >= 0.6 is 0 Å². The summed E-state index contributed by atoms with van der Waals surface area (Å²) in [5.74, 6) is 0.668. The average Bonchev–Trinajstić information content (AvgIpc) is 2.93. The van der Waals surface area contributed by atoms with Gasteiger partial charge >= 0.3 is 0 Å². The zero-order chi connectivity index (χ0) is 18.7. The minimum absolute atomic E-state index is 0.144. The van der Waals surface area contributed by atoms with Crippen molar-refractivity contribution in [1.82, 2.24) is 14.9 Å². The summed E-state index contributed by atoms with van der Waals surface area (Å²) < 4.78 is 25.3. The number of nitrogens with one attached hydrogen (secondary N) is 1. The van der Waals surface area contributed by atoms with Gasteiger partial charge in [-0.1, -0.05) is 18.2 Å². The van der Waals surface area contributed by atoms with E-state index < -0.39 is 9.84 Å². The van der Waals surface area contributed by atoms with Crippen LogP contribution in [0, 0.1) is 6.92 Å². The van der Waals surface area contributed by atoms with Crippen LogP contribution < -0.4 is 5.32 Å². The maximum Gasteiger partial charge on any atom is 0.251 e. The summed E-state index contributed by atoms with van der Waals surface area (Å²) in [4.78, 5) is 16.9. The Bertz CT molecular complexity index is 1050. The number of aromatic nitrogens is 2. The van der Waals surface area contributed by atoms with E-state index in [4.69, 9.17) is 0 Å². The molecule has 0 atom stereocenters. The number of hydrogen-bond acceptors (Lipinski definition) is 4. The van der Waals surface area contributed by atoms with Crippen molar-refractivity contribution in [3.8, 4) is 0 Å². The van der Waals surface area contributed by atoms with Crippen LogP contribution in [0.2, 0.25) is 0 Å². The van der Waals surface area contributed by atoms with Gasteiger partial charge in [-0.15, -0.1) is 0 Å². The zero-order valence-corrected chi connectivity index (χ0v) is 15.6. The molecule has 0 bridgehead atoms. The lowest BCUT2D eigenvalue weighted by Gasteiger charge is -2.09. The quantitative estimate of drug-likeness (QED) is 0.675. The molecule has 0 spiro atoms. The Labute approximate surface area is 152 Å². The van der Waals surface area contributed by atoms with E-state index in [2.05, 4.69) is 14.9 Å². The first-order chi connectivity index (χ1) is 12.4. The molecule has 2 aromatic carbocycles. The molecule has 26 heavy (non-hydrogen) atoms. The number of rotatable bonds is 6. The largest absolute Gasteiger partial charge is 0.352 e. The number of para-hydroxylation sites is 2. The molecule has 1 N–H and O–H groups in total. The van der Waals surface area contributed by atoms with Crippen molar-refractivity contribution in [2.45, 2.75) is 24.8 Å². The smallest absolute Gasteiger partial charge is 0.251 e. The van der Waals surface area contributed by atoms with Gasteiger partial charge < -0.3 is 9.88 Å². The van der Waals surface area contributed by atoms with Crippen LogP contribution in [-0.4, -0.2) is 36.7 Å². The summed E-state index contributed by atoms with van der Waals surface area (Å²) in [7, 11) is -3.33. The van der Waals surface area contributed by atoms with Crippen LogP contribution in [0.25, 0.3) is 11.0 Å². The lowest BCUT2D eigenvalue weighted by Crippen LogP contribution is -2.25. The van der Waals surface area contributed by atoms with Gasteiger partial charge in [0.25, 0.3) is 5.91 Å². The van der Waals surface area contributed by atoms with Crippen molar-refractivity contribution in [3.05, 3.63) is 59.9 Å². The fourth-order valence-corrected chi connectivity index (χ4v) is 3.55. The highest BCUT2D eigenvalue weighted by atomic mass is 32.2. The van der Waals surface area contributed by atoms with Crippen LogP contribution in [0.5, 0.6) is 0 Å². The monoisotopic (exact) mass is 371 g/mol. The standard InChI is InChI=1S/C19H21N3O3S/c1-14-21-17-9-3-4-10-18(17)22(14)12-6-11-20-19(23)15-7-5-8-16(13-15)26(2,24)25/h3-5,7-10,13H,6,11-12H2,1-2H3,(H,20,23). The van der Waals surface area contributed by atoms with Gasteiger partial charge in [-0.2, -0.15) is 0 Å². The number of benzene rings is 2. The summed E-state index contributed by atoms with van der Waals surface area (Å²) >= 11 is 0. The van der Waals surface area contributed by atoms with E-state index in [1.165, 1.54) is 12.1 Å². The Hall–Kier alpha value is -2.67. The predicted molar refractivity (Wildman–Crippen MR) is 101 cm³/mol. The van der Waals surface area contributed by atoms with Crippen molar-refractivity contribution in [3.63, 3.8) is 0 Å². The zero-order valence-electron chi connectivity index (χ0n) is 14.8. The normalized spacial score (nSPS) is 11.6. The lowest BCUT2D eigenvalue weighted by molar-refractivity contribution is 0.0952. The second-order valence-corrected chi connectivity index (χ2v) is 8.22. The molecule has 0 aliphatic carbocycles. The maximum atomic E-state index is 12.2. The van der Waals surface area contributed by atoms with Crippen molar-refractivity contribution < 1.29 is 13.2 Å². The van der Waals surface area contributed by atoms with Gasteiger partial charge in [-0.05, 0) is 43.7 Å². The summed E-state index contributed by atoms with van der Waals surface area (Å²) in [5.41, 5.74) is 2.39. The molecule has 3 rings (SSSR count). The second-order valence-electron chi connectivity index (χ2n) is 6.21. The first-order valence-corrected chi connectivity index (χ1v) is 10.3. The second kappa shape index (κ2) is 7.29. The minimum atomic E-state index is -3.33. The van der Waals surface area contributed by atoms with Gasteiger partial charge in [-0.25, -0.2) is 13.4 Å². The number of fused-ring (bicyclic) bond motifs is 1. The maximum absolute atomic E-state index is 12.2. The lowest BCUT2D eigenvalue weighted by atomic mass is 10.2. The van der Waals surface area contributed by atoms with Crippen LogP contribution in [0.3, 0.4) is 0 Å². The van der Waals surface area contributed by atoms with Crippen LogP contribution in [0.1, 0.15) is 22.6 Å². The fourth-order valence-electron chi connectivity index (χ4n) is 2.89. The molecule has 0 fully saturated rings. The Balaban J connectivity index is 1.60. The molecular formula is C19H21N3O3S. The third-order valence-electron chi connectivity index (χ3n) is 4.21. The molecule has 6 nitrogen and oxygen atoms in total.